The molecule has 1 aromatic rings. The van der Waals surface area contributed by atoms with Crippen molar-refractivity contribution in [1.82, 2.24) is 15.3 Å². The normalized spacial score (nSPS) is 17.7. The summed E-state index contributed by atoms with van der Waals surface area (Å²) in [5.41, 5.74) is 0. The lowest BCUT2D eigenvalue weighted by molar-refractivity contribution is -0.122. The van der Waals surface area contributed by atoms with Gasteiger partial charge in [-0.25, -0.2) is 9.97 Å². The molecule has 0 spiro atoms. The standard InChI is InChI=1S/C14H20BrN3O2/c1-10(14-16-8-12(15)9-17-14)18-13(19)3-2-11-4-6-20-7-5-11/h8-11H,2-7H2,1H3,(H,18,19). The summed E-state index contributed by atoms with van der Waals surface area (Å²) in [5, 5.41) is 2.94. The first-order valence-corrected chi connectivity index (χ1v) is 7.79. The Kier molecular flexibility index (Phi) is 5.91. The van der Waals surface area contributed by atoms with Gasteiger partial charge in [0, 0.05) is 32.0 Å². The average molecular weight is 342 g/mol. The van der Waals surface area contributed by atoms with Gasteiger partial charge in [0.05, 0.1) is 10.5 Å². The Morgan fingerprint density at radius 3 is 2.75 bits per heavy atom. The van der Waals surface area contributed by atoms with Crippen LogP contribution in [0.3, 0.4) is 0 Å². The van der Waals surface area contributed by atoms with E-state index in [4.69, 9.17) is 4.74 Å². The molecule has 1 N–H and O–H groups in total. The zero-order chi connectivity index (χ0) is 14.4. The minimum Gasteiger partial charge on any atom is -0.381 e. The van der Waals surface area contributed by atoms with Crippen molar-refractivity contribution in [1.29, 1.82) is 0 Å². The molecule has 2 heterocycles. The van der Waals surface area contributed by atoms with Crippen LogP contribution in [0.4, 0.5) is 0 Å². The van der Waals surface area contributed by atoms with Crippen molar-refractivity contribution in [3.63, 3.8) is 0 Å². The Hall–Kier alpha value is -1.01. The zero-order valence-electron chi connectivity index (χ0n) is 11.6. The molecule has 2 rings (SSSR count). The minimum absolute atomic E-state index is 0.0653. The van der Waals surface area contributed by atoms with Crippen LogP contribution in [0.5, 0.6) is 0 Å². The molecular weight excluding hydrogens is 322 g/mol. The van der Waals surface area contributed by atoms with Crippen molar-refractivity contribution in [2.45, 2.75) is 38.6 Å². The molecule has 0 aliphatic carbocycles. The van der Waals surface area contributed by atoms with E-state index in [2.05, 4.69) is 31.2 Å². The van der Waals surface area contributed by atoms with Gasteiger partial charge in [-0.3, -0.25) is 4.79 Å². The number of carbonyl (C=O) groups excluding carboxylic acids is 1. The molecule has 1 aliphatic heterocycles. The van der Waals surface area contributed by atoms with Gasteiger partial charge in [0.15, 0.2) is 0 Å². The van der Waals surface area contributed by atoms with Crippen molar-refractivity contribution < 1.29 is 9.53 Å². The largest absolute Gasteiger partial charge is 0.381 e. The van der Waals surface area contributed by atoms with Crippen LogP contribution in [0.2, 0.25) is 0 Å². The zero-order valence-corrected chi connectivity index (χ0v) is 13.2. The third kappa shape index (κ3) is 4.83. The number of carbonyl (C=O) groups is 1. The molecule has 1 amide bonds. The van der Waals surface area contributed by atoms with Gasteiger partial charge >= 0.3 is 0 Å². The molecule has 0 aromatic carbocycles. The van der Waals surface area contributed by atoms with Crippen LogP contribution in [0.25, 0.3) is 0 Å². The molecule has 1 atom stereocenters. The molecule has 1 aromatic heterocycles. The van der Waals surface area contributed by atoms with Crippen LogP contribution in [-0.2, 0) is 9.53 Å². The summed E-state index contributed by atoms with van der Waals surface area (Å²) in [6.45, 7) is 3.56. The van der Waals surface area contributed by atoms with Gasteiger partial charge in [-0.15, -0.1) is 0 Å². The summed E-state index contributed by atoms with van der Waals surface area (Å²) < 4.78 is 6.15. The predicted octanol–water partition coefficient (Wildman–Crippen LogP) is 2.62. The van der Waals surface area contributed by atoms with Crippen LogP contribution in [0.15, 0.2) is 16.9 Å². The van der Waals surface area contributed by atoms with Gasteiger partial charge in [-0.05, 0) is 48.0 Å². The third-order valence-corrected chi connectivity index (χ3v) is 3.94. The molecule has 0 saturated carbocycles. The highest BCUT2D eigenvalue weighted by Crippen LogP contribution is 2.20. The van der Waals surface area contributed by atoms with Crippen LogP contribution in [0.1, 0.15) is 44.5 Å². The summed E-state index contributed by atoms with van der Waals surface area (Å²) in [4.78, 5) is 20.3. The molecule has 1 saturated heterocycles. The van der Waals surface area contributed by atoms with E-state index in [1.165, 1.54) is 0 Å². The molecule has 0 bridgehead atoms. The van der Waals surface area contributed by atoms with Gasteiger partial charge in [0.1, 0.15) is 5.82 Å². The smallest absolute Gasteiger partial charge is 0.220 e. The lowest BCUT2D eigenvalue weighted by Gasteiger charge is -2.21. The highest BCUT2D eigenvalue weighted by atomic mass is 79.9. The number of hydrogen-bond acceptors (Lipinski definition) is 4. The highest BCUT2D eigenvalue weighted by molar-refractivity contribution is 9.10. The number of aromatic nitrogens is 2. The molecule has 1 unspecified atom stereocenters. The van der Waals surface area contributed by atoms with Crippen molar-refractivity contribution in [2.24, 2.45) is 5.92 Å². The first-order valence-electron chi connectivity index (χ1n) is 6.99. The maximum atomic E-state index is 11.9. The molecule has 6 heteroatoms. The van der Waals surface area contributed by atoms with E-state index >= 15 is 0 Å². The number of hydrogen-bond donors (Lipinski definition) is 1. The number of ether oxygens (including phenoxy) is 1. The van der Waals surface area contributed by atoms with E-state index in [0.717, 1.165) is 36.9 Å². The van der Waals surface area contributed by atoms with Gasteiger partial charge in [0.2, 0.25) is 5.91 Å². The van der Waals surface area contributed by atoms with Gasteiger partial charge in [0.25, 0.3) is 0 Å². The summed E-state index contributed by atoms with van der Waals surface area (Å²) in [6, 6.07) is -0.162. The van der Waals surface area contributed by atoms with E-state index in [0.29, 0.717) is 18.2 Å². The van der Waals surface area contributed by atoms with Crippen molar-refractivity contribution in [2.75, 3.05) is 13.2 Å². The highest BCUT2D eigenvalue weighted by Gasteiger charge is 2.17. The molecule has 1 fully saturated rings. The van der Waals surface area contributed by atoms with Gasteiger partial charge < -0.3 is 10.1 Å². The molecule has 0 radical (unpaired) electrons. The topological polar surface area (TPSA) is 64.1 Å². The number of rotatable bonds is 5. The van der Waals surface area contributed by atoms with E-state index in [-0.39, 0.29) is 11.9 Å². The van der Waals surface area contributed by atoms with Crippen molar-refractivity contribution in [3.8, 4) is 0 Å². The lowest BCUT2D eigenvalue weighted by atomic mass is 9.95. The maximum absolute atomic E-state index is 11.9. The minimum atomic E-state index is -0.162. The second-order valence-electron chi connectivity index (χ2n) is 5.14. The van der Waals surface area contributed by atoms with E-state index in [1.807, 2.05) is 6.92 Å². The van der Waals surface area contributed by atoms with Crippen LogP contribution in [0, 0.1) is 5.92 Å². The Morgan fingerprint density at radius 2 is 2.10 bits per heavy atom. The predicted molar refractivity (Wildman–Crippen MR) is 79.1 cm³/mol. The number of amides is 1. The molecule has 5 nitrogen and oxygen atoms in total. The van der Waals surface area contributed by atoms with Crippen LogP contribution in [-0.4, -0.2) is 29.1 Å². The van der Waals surface area contributed by atoms with E-state index in [9.17, 15) is 4.79 Å². The Balaban J connectivity index is 1.74. The second-order valence-corrected chi connectivity index (χ2v) is 6.06. The lowest BCUT2D eigenvalue weighted by Crippen LogP contribution is -2.28. The summed E-state index contributed by atoms with van der Waals surface area (Å²) in [7, 11) is 0. The Bertz CT molecular complexity index is 433. The van der Waals surface area contributed by atoms with Crippen molar-refractivity contribution in [3.05, 3.63) is 22.7 Å². The second kappa shape index (κ2) is 7.69. The molecule has 110 valence electrons. The monoisotopic (exact) mass is 341 g/mol. The Morgan fingerprint density at radius 1 is 1.45 bits per heavy atom. The first kappa shape index (κ1) is 15.4. The summed E-state index contributed by atoms with van der Waals surface area (Å²) in [5.74, 6) is 1.32. The summed E-state index contributed by atoms with van der Waals surface area (Å²) >= 11 is 3.29. The van der Waals surface area contributed by atoms with Gasteiger partial charge in [-0.2, -0.15) is 0 Å². The van der Waals surface area contributed by atoms with E-state index in [1.54, 1.807) is 12.4 Å². The van der Waals surface area contributed by atoms with Crippen molar-refractivity contribution >= 4 is 21.8 Å². The van der Waals surface area contributed by atoms with Crippen LogP contribution < -0.4 is 5.32 Å². The fourth-order valence-corrected chi connectivity index (χ4v) is 2.50. The van der Waals surface area contributed by atoms with E-state index < -0.39 is 0 Å². The average Bonchev–Trinajstić information content (AvgIpc) is 2.47. The quantitative estimate of drug-likeness (QED) is 0.893. The molecule has 20 heavy (non-hydrogen) atoms. The van der Waals surface area contributed by atoms with Crippen LogP contribution >= 0.6 is 15.9 Å². The number of nitrogens with one attached hydrogen (secondary N) is 1. The fourth-order valence-electron chi connectivity index (χ4n) is 2.29. The molecular formula is C14H20BrN3O2. The first-order chi connectivity index (χ1) is 9.65. The SMILES string of the molecule is CC(NC(=O)CCC1CCOCC1)c1ncc(Br)cn1. The number of halogens is 1. The Labute approximate surface area is 127 Å². The number of nitrogens with zero attached hydrogens (tertiary/aromatic N) is 2. The summed E-state index contributed by atoms with van der Waals surface area (Å²) in [6.07, 6.45) is 7.01. The fraction of sp³-hybridized carbons (Fsp3) is 0.643. The molecule has 1 aliphatic rings. The maximum Gasteiger partial charge on any atom is 0.220 e. The third-order valence-electron chi connectivity index (χ3n) is 3.53. The van der Waals surface area contributed by atoms with Gasteiger partial charge in [-0.1, -0.05) is 0 Å².